The molecule has 1 aromatic rings. The van der Waals surface area contributed by atoms with Gasteiger partial charge in [0.25, 0.3) is 5.91 Å². The molecule has 1 amide bonds. The first kappa shape index (κ1) is 14.4. The lowest BCUT2D eigenvalue weighted by Crippen LogP contribution is -2.40. The van der Waals surface area contributed by atoms with E-state index in [9.17, 15) is 4.79 Å². The van der Waals surface area contributed by atoms with Gasteiger partial charge in [-0.2, -0.15) is 0 Å². The SMILES string of the molecule is CCC1CCCCCN1C(=O)c1cccc2c1CCCN2. The second-order valence-electron chi connectivity index (χ2n) is 6.27. The topological polar surface area (TPSA) is 32.3 Å². The first-order valence-electron chi connectivity index (χ1n) is 8.48. The van der Waals surface area contributed by atoms with Crippen LogP contribution in [-0.2, 0) is 6.42 Å². The first-order valence-corrected chi connectivity index (χ1v) is 8.48. The number of amides is 1. The molecule has 0 aromatic heterocycles. The van der Waals surface area contributed by atoms with Crippen LogP contribution >= 0.6 is 0 Å². The summed E-state index contributed by atoms with van der Waals surface area (Å²) < 4.78 is 0. The largest absolute Gasteiger partial charge is 0.385 e. The molecule has 0 aliphatic carbocycles. The summed E-state index contributed by atoms with van der Waals surface area (Å²) in [5.41, 5.74) is 3.32. The van der Waals surface area contributed by atoms with Crippen molar-refractivity contribution in [2.75, 3.05) is 18.4 Å². The molecule has 0 saturated carbocycles. The van der Waals surface area contributed by atoms with E-state index in [-0.39, 0.29) is 5.91 Å². The predicted octanol–water partition coefficient (Wildman–Crippen LogP) is 3.84. The van der Waals surface area contributed by atoms with Gasteiger partial charge < -0.3 is 10.2 Å². The van der Waals surface area contributed by atoms with Gasteiger partial charge >= 0.3 is 0 Å². The number of anilines is 1. The molecule has 1 unspecified atom stereocenters. The number of fused-ring (bicyclic) bond motifs is 1. The minimum absolute atomic E-state index is 0.254. The highest BCUT2D eigenvalue weighted by molar-refractivity contribution is 5.97. The van der Waals surface area contributed by atoms with E-state index in [2.05, 4.69) is 23.2 Å². The zero-order chi connectivity index (χ0) is 14.7. The molecule has 0 radical (unpaired) electrons. The maximum Gasteiger partial charge on any atom is 0.254 e. The summed E-state index contributed by atoms with van der Waals surface area (Å²) in [5, 5.41) is 3.43. The van der Waals surface area contributed by atoms with Crippen molar-refractivity contribution < 1.29 is 4.79 Å². The lowest BCUT2D eigenvalue weighted by molar-refractivity contribution is 0.0677. The number of hydrogen-bond donors (Lipinski definition) is 1. The number of carbonyl (C=O) groups excluding carboxylic acids is 1. The number of nitrogens with zero attached hydrogens (tertiary/aromatic N) is 1. The Balaban J connectivity index is 1.90. The van der Waals surface area contributed by atoms with E-state index < -0.39 is 0 Å². The van der Waals surface area contributed by atoms with E-state index >= 15 is 0 Å². The third-order valence-corrected chi connectivity index (χ3v) is 4.93. The number of hydrogen-bond acceptors (Lipinski definition) is 2. The van der Waals surface area contributed by atoms with Crippen LogP contribution in [-0.4, -0.2) is 29.9 Å². The summed E-state index contributed by atoms with van der Waals surface area (Å²) >= 11 is 0. The third-order valence-electron chi connectivity index (χ3n) is 4.93. The van der Waals surface area contributed by atoms with Crippen LogP contribution < -0.4 is 5.32 Å². The zero-order valence-electron chi connectivity index (χ0n) is 13.0. The molecule has 0 bridgehead atoms. The lowest BCUT2D eigenvalue weighted by Gasteiger charge is -2.31. The second-order valence-corrected chi connectivity index (χ2v) is 6.27. The second kappa shape index (κ2) is 6.50. The molecule has 3 nitrogen and oxygen atoms in total. The van der Waals surface area contributed by atoms with Gasteiger partial charge in [-0.15, -0.1) is 0 Å². The number of likely N-dealkylation sites (tertiary alicyclic amines) is 1. The van der Waals surface area contributed by atoms with Crippen molar-refractivity contribution in [1.82, 2.24) is 4.90 Å². The molecule has 2 heterocycles. The molecule has 3 heteroatoms. The fourth-order valence-electron chi connectivity index (χ4n) is 3.73. The van der Waals surface area contributed by atoms with Crippen molar-refractivity contribution in [2.24, 2.45) is 0 Å². The van der Waals surface area contributed by atoms with Gasteiger partial charge in [-0.1, -0.05) is 25.8 Å². The fraction of sp³-hybridized carbons (Fsp3) is 0.611. The van der Waals surface area contributed by atoms with Gasteiger partial charge in [-0.05, 0) is 49.8 Å². The van der Waals surface area contributed by atoms with Crippen LogP contribution in [0.4, 0.5) is 5.69 Å². The van der Waals surface area contributed by atoms with Gasteiger partial charge in [0.2, 0.25) is 0 Å². The highest BCUT2D eigenvalue weighted by Crippen LogP contribution is 2.28. The van der Waals surface area contributed by atoms with E-state index in [0.29, 0.717) is 6.04 Å². The van der Waals surface area contributed by atoms with Gasteiger partial charge in [0.05, 0.1) is 0 Å². The Morgan fingerprint density at radius 1 is 1.29 bits per heavy atom. The van der Waals surface area contributed by atoms with Crippen LogP contribution in [0, 0.1) is 0 Å². The molecular formula is C18H26N2O. The smallest absolute Gasteiger partial charge is 0.254 e. The van der Waals surface area contributed by atoms with Crippen molar-refractivity contribution in [3.8, 4) is 0 Å². The van der Waals surface area contributed by atoms with Crippen LogP contribution in [0.3, 0.4) is 0 Å². The molecule has 0 spiro atoms. The van der Waals surface area contributed by atoms with Crippen molar-refractivity contribution in [1.29, 1.82) is 0 Å². The molecule has 1 atom stereocenters. The summed E-state index contributed by atoms with van der Waals surface area (Å²) in [4.78, 5) is 15.2. The van der Waals surface area contributed by atoms with Crippen molar-refractivity contribution in [3.05, 3.63) is 29.3 Å². The summed E-state index contributed by atoms with van der Waals surface area (Å²) in [5.74, 6) is 0.254. The molecule has 1 aromatic carbocycles. The molecule has 1 saturated heterocycles. The van der Waals surface area contributed by atoms with E-state index in [1.54, 1.807) is 0 Å². The number of benzene rings is 1. The van der Waals surface area contributed by atoms with Crippen LogP contribution in [0.25, 0.3) is 0 Å². The Morgan fingerprint density at radius 2 is 2.19 bits per heavy atom. The van der Waals surface area contributed by atoms with Crippen molar-refractivity contribution in [3.63, 3.8) is 0 Å². The van der Waals surface area contributed by atoms with Crippen molar-refractivity contribution >= 4 is 11.6 Å². The molecule has 2 aliphatic rings. The Labute approximate surface area is 127 Å². The van der Waals surface area contributed by atoms with Crippen molar-refractivity contribution in [2.45, 2.75) is 57.9 Å². The normalized spacial score (nSPS) is 22.1. The van der Waals surface area contributed by atoms with Gasteiger partial charge in [0.1, 0.15) is 0 Å². The summed E-state index contributed by atoms with van der Waals surface area (Å²) in [6.45, 7) is 4.15. The van der Waals surface area contributed by atoms with Gasteiger partial charge in [-0.3, -0.25) is 4.79 Å². The molecule has 21 heavy (non-hydrogen) atoms. The van der Waals surface area contributed by atoms with E-state index in [1.807, 2.05) is 12.1 Å². The average molecular weight is 286 g/mol. The molecule has 114 valence electrons. The van der Waals surface area contributed by atoms with E-state index in [1.165, 1.54) is 18.4 Å². The summed E-state index contributed by atoms with van der Waals surface area (Å²) in [6, 6.07) is 6.56. The molecule has 2 aliphatic heterocycles. The van der Waals surface area contributed by atoms with Crippen LogP contribution in [0.1, 0.15) is 61.4 Å². The van der Waals surface area contributed by atoms with Gasteiger partial charge in [-0.25, -0.2) is 0 Å². The lowest BCUT2D eigenvalue weighted by atomic mass is 9.96. The highest BCUT2D eigenvalue weighted by Gasteiger charge is 2.27. The average Bonchev–Trinajstić information content (AvgIpc) is 2.79. The fourth-order valence-corrected chi connectivity index (χ4v) is 3.73. The Kier molecular flexibility index (Phi) is 4.47. The monoisotopic (exact) mass is 286 g/mol. The summed E-state index contributed by atoms with van der Waals surface area (Å²) in [7, 11) is 0. The standard InChI is InChI=1S/C18H26N2O/c1-2-14-8-4-3-5-13-20(14)18(21)16-9-6-11-17-15(16)10-7-12-19-17/h6,9,11,14,19H,2-5,7-8,10,12-13H2,1H3. The number of nitrogens with one attached hydrogen (secondary N) is 1. The maximum atomic E-state index is 13.1. The quantitative estimate of drug-likeness (QED) is 0.896. The minimum atomic E-state index is 0.254. The Morgan fingerprint density at radius 3 is 3.05 bits per heavy atom. The Bertz CT molecular complexity index is 512. The van der Waals surface area contributed by atoms with Crippen LogP contribution in [0.15, 0.2) is 18.2 Å². The van der Waals surface area contributed by atoms with Gasteiger partial charge in [0.15, 0.2) is 0 Å². The van der Waals surface area contributed by atoms with Gasteiger partial charge in [0, 0.05) is 30.4 Å². The third kappa shape index (κ3) is 2.92. The zero-order valence-corrected chi connectivity index (χ0v) is 13.0. The number of carbonyl (C=O) groups is 1. The Hall–Kier alpha value is -1.51. The first-order chi connectivity index (χ1) is 10.3. The van der Waals surface area contributed by atoms with Crippen LogP contribution in [0.2, 0.25) is 0 Å². The maximum absolute atomic E-state index is 13.1. The highest BCUT2D eigenvalue weighted by atomic mass is 16.2. The predicted molar refractivity (Wildman–Crippen MR) is 86.8 cm³/mol. The molecule has 3 rings (SSSR count). The molecule has 1 N–H and O–H groups in total. The molecular weight excluding hydrogens is 260 g/mol. The van der Waals surface area contributed by atoms with E-state index in [0.717, 1.165) is 56.4 Å². The van der Waals surface area contributed by atoms with E-state index in [4.69, 9.17) is 0 Å². The molecule has 1 fully saturated rings. The minimum Gasteiger partial charge on any atom is -0.385 e. The number of rotatable bonds is 2. The van der Waals surface area contributed by atoms with Crippen LogP contribution in [0.5, 0.6) is 0 Å². The summed E-state index contributed by atoms with van der Waals surface area (Å²) in [6.07, 6.45) is 8.04.